The summed E-state index contributed by atoms with van der Waals surface area (Å²) in [5.41, 5.74) is 0.815. The van der Waals surface area contributed by atoms with Crippen molar-refractivity contribution in [2.75, 3.05) is 0 Å². The van der Waals surface area contributed by atoms with Crippen LogP contribution in [0, 0.1) is 0 Å². The smallest absolute Gasteiger partial charge is 0.247 e. The van der Waals surface area contributed by atoms with E-state index in [-0.39, 0.29) is 12.8 Å². The number of rotatable bonds is 4. The van der Waals surface area contributed by atoms with Crippen LogP contribution in [-0.4, -0.2) is 16.2 Å². The molecular weight excluding hydrogens is 208 g/mol. The normalized spacial score (nSPS) is 10.2. The van der Waals surface area contributed by atoms with Gasteiger partial charge in [0.15, 0.2) is 0 Å². The number of carbonyl (C=O) groups is 1. The molecule has 1 aromatic carbocycles. The van der Waals surface area contributed by atoms with Crippen molar-refractivity contribution < 1.29 is 14.3 Å². The second kappa shape index (κ2) is 4.57. The maximum absolute atomic E-state index is 10.2. The van der Waals surface area contributed by atoms with Crippen LogP contribution < -0.4 is 5.11 Å². The summed E-state index contributed by atoms with van der Waals surface area (Å²) in [5, 5.41) is 17.8. The third kappa shape index (κ3) is 2.44. The van der Waals surface area contributed by atoms with E-state index in [9.17, 15) is 9.90 Å². The van der Waals surface area contributed by atoms with Crippen LogP contribution in [0.5, 0.6) is 0 Å². The molecular formula is C11H9N2O3-. The molecule has 0 bridgehead atoms. The van der Waals surface area contributed by atoms with E-state index in [1.54, 1.807) is 0 Å². The Bertz CT molecular complexity index is 479. The van der Waals surface area contributed by atoms with E-state index in [0.717, 1.165) is 5.56 Å². The van der Waals surface area contributed by atoms with E-state index in [4.69, 9.17) is 4.42 Å². The monoisotopic (exact) mass is 217 g/mol. The summed E-state index contributed by atoms with van der Waals surface area (Å²) in [6.07, 6.45) is 0.0819. The minimum absolute atomic E-state index is 0.115. The highest BCUT2D eigenvalue weighted by molar-refractivity contribution is 5.64. The van der Waals surface area contributed by atoms with Gasteiger partial charge in [0.2, 0.25) is 11.8 Å². The minimum atomic E-state index is -1.13. The van der Waals surface area contributed by atoms with E-state index in [1.807, 2.05) is 30.3 Å². The lowest BCUT2D eigenvalue weighted by Crippen LogP contribution is -2.22. The van der Waals surface area contributed by atoms with Crippen molar-refractivity contribution in [2.24, 2.45) is 0 Å². The zero-order valence-electron chi connectivity index (χ0n) is 8.42. The summed E-state index contributed by atoms with van der Waals surface area (Å²) < 4.78 is 5.31. The van der Waals surface area contributed by atoms with Crippen LogP contribution in [0.2, 0.25) is 0 Å². The molecule has 1 heterocycles. The summed E-state index contributed by atoms with van der Waals surface area (Å²) in [4.78, 5) is 10.2. The summed E-state index contributed by atoms with van der Waals surface area (Å²) >= 11 is 0. The summed E-state index contributed by atoms with van der Waals surface area (Å²) in [6.45, 7) is 0. The molecule has 0 radical (unpaired) electrons. The molecule has 2 aromatic rings. The van der Waals surface area contributed by atoms with E-state index in [0.29, 0.717) is 11.8 Å². The molecule has 5 heteroatoms. The molecule has 0 aliphatic heterocycles. The fourth-order valence-corrected chi connectivity index (χ4v) is 1.26. The largest absolute Gasteiger partial charge is 0.550 e. The first-order valence-corrected chi connectivity index (χ1v) is 4.83. The quantitative estimate of drug-likeness (QED) is 0.741. The molecule has 0 atom stereocenters. The Morgan fingerprint density at radius 2 is 2.00 bits per heavy atom. The number of aryl methyl sites for hydroxylation is 1. The van der Waals surface area contributed by atoms with Gasteiger partial charge in [0.25, 0.3) is 0 Å². The summed E-state index contributed by atoms with van der Waals surface area (Å²) in [5.74, 6) is -0.420. The Balaban J connectivity index is 2.11. The van der Waals surface area contributed by atoms with Gasteiger partial charge in [0.1, 0.15) is 0 Å². The van der Waals surface area contributed by atoms with Gasteiger partial charge < -0.3 is 14.3 Å². The first-order valence-electron chi connectivity index (χ1n) is 4.83. The van der Waals surface area contributed by atoms with Crippen LogP contribution in [0.3, 0.4) is 0 Å². The fraction of sp³-hybridized carbons (Fsp3) is 0.182. The van der Waals surface area contributed by atoms with Gasteiger partial charge in [0, 0.05) is 18.0 Å². The van der Waals surface area contributed by atoms with Crippen LogP contribution in [0.25, 0.3) is 11.5 Å². The van der Waals surface area contributed by atoms with Crippen LogP contribution >= 0.6 is 0 Å². The number of hydrogen-bond donors (Lipinski definition) is 0. The molecule has 16 heavy (non-hydrogen) atoms. The highest BCUT2D eigenvalue weighted by atomic mass is 16.4. The third-order valence-electron chi connectivity index (χ3n) is 2.03. The lowest BCUT2D eigenvalue weighted by Gasteiger charge is -1.96. The van der Waals surface area contributed by atoms with Crippen LogP contribution in [0.4, 0.5) is 0 Å². The van der Waals surface area contributed by atoms with Gasteiger partial charge in [-0.05, 0) is 18.6 Å². The minimum Gasteiger partial charge on any atom is -0.550 e. The van der Waals surface area contributed by atoms with Crippen molar-refractivity contribution in [3.8, 4) is 11.5 Å². The second-order valence-electron chi connectivity index (χ2n) is 3.24. The molecule has 0 saturated heterocycles. The number of benzene rings is 1. The van der Waals surface area contributed by atoms with Crippen molar-refractivity contribution in [3.63, 3.8) is 0 Å². The summed E-state index contributed by atoms with van der Waals surface area (Å²) in [6, 6.07) is 9.30. The predicted molar refractivity (Wildman–Crippen MR) is 53.1 cm³/mol. The standard InChI is InChI=1S/C11H10N2O3/c14-10(15)7-6-9-12-13-11(16-9)8-4-2-1-3-5-8/h1-5H,6-7H2,(H,14,15)/p-1. The number of hydrogen-bond acceptors (Lipinski definition) is 5. The maximum atomic E-state index is 10.2. The molecule has 1 aromatic heterocycles. The first-order chi connectivity index (χ1) is 7.75. The van der Waals surface area contributed by atoms with Crippen molar-refractivity contribution in [2.45, 2.75) is 12.8 Å². The maximum Gasteiger partial charge on any atom is 0.247 e. The number of carboxylic acid groups (broad SMARTS) is 1. The molecule has 0 fully saturated rings. The van der Waals surface area contributed by atoms with E-state index in [2.05, 4.69) is 10.2 Å². The average Bonchev–Trinajstić information content (AvgIpc) is 2.76. The highest BCUT2D eigenvalue weighted by Crippen LogP contribution is 2.17. The van der Waals surface area contributed by atoms with Gasteiger partial charge in [-0.1, -0.05) is 18.2 Å². The van der Waals surface area contributed by atoms with Gasteiger partial charge in [0.05, 0.1) is 0 Å². The lowest BCUT2D eigenvalue weighted by atomic mass is 10.2. The van der Waals surface area contributed by atoms with E-state index >= 15 is 0 Å². The highest BCUT2D eigenvalue weighted by Gasteiger charge is 2.07. The molecule has 82 valence electrons. The number of aromatic nitrogens is 2. The Morgan fingerprint density at radius 3 is 2.69 bits per heavy atom. The topological polar surface area (TPSA) is 79.0 Å². The lowest BCUT2D eigenvalue weighted by molar-refractivity contribution is -0.305. The van der Waals surface area contributed by atoms with Gasteiger partial charge >= 0.3 is 0 Å². The number of carbonyl (C=O) groups excluding carboxylic acids is 1. The Kier molecular flexibility index (Phi) is 2.95. The number of carboxylic acids is 1. The molecule has 0 aliphatic rings. The number of nitrogens with zero attached hydrogens (tertiary/aromatic N) is 2. The number of aliphatic carboxylic acids is 1. The molecule has 0 unspecified atom stereocenters. The zero-order valence-corrected chi connectivity index (χ0v) is 8.42. The Hall–Kier alpha value is -2.17. The van der Waals surface area contributed by atoms with Gasteiger partial charge in [-0.25, -0.2) is 0 Å². The predicted octanol–water partition coefficient (Wildman–Crippen LogP) is 0.419. The second-order valence-corrected chi connectivity index (χ2v) is 3.24. The molecule has 0 saturated carbocycles. The van der Waals surface area contributed by atoms with E-state index < -0.39 is 5.97 Å². The van der Waals surface area contributed by atoms with Gasteiger partial charge in [-0.3, -0.25) is 0 Å². The summed E-state index contributed by atoms with van der Waals surface area (Å²) in [7, 11) is 0. The fourth-order valence-electron chi connectivity index (χ4n) is 1.26. The van der Waals surface area contributed by atoms with Crippen molar-refractivity contribution in [1.29, 1.82) is 0 Å². The van der Waals surface area contributed by atoms with Crippen molar-refractivity contribution >= 4 is 5.97 Å². The Labute approximate surface area is 91.7 Å². The molecule has 0 aliphatic carbocycles. The van der Waals surface area contributed by atoms with Gasteiger partial charge in [-0.15, -0.1) is 10.2 Å². The molecule has 0 spiro atoms. The Morgan fingerprint density at radius 1 is 1.25 bits per heavy atom. The first kappa shape index (κ1) is 10.4. The average molecular weight is 217 g/mol. The van der Waals surface area contributed by atoms with Crippen LogP contribution in [0.1, 0.15) is 12.3 Å². The molecule has 0 amide bonds. The van der Waals surface area contributed by atoms with Crippen molar-refractivity contribution in [3.05, 3.63) is 36.2 Å². The third-order valence-corrected chi connectivity index (χ3v) is 2.03. The molecule has 2 rings (SSSR count). The van der Waals surface area contributed by atoms with Gasteiger partial charge in [-0.2, -0.15) is 0 Å². The van der Waals surface area contributed by atoms with Crippen LogP contribution in [0.15, 0.2) is 34.7 Å². The van der Waals surface area contributed by atoms with Crippen LogP contribution in [-0.2, 0) is 11.2 Å². The molecule has 5 nitrogen and oxygen atoms in total. The molecule has 0 N–H and O–H groups in total. The van der Waals surface area contributed by atoms with E-state index in [1.165, 1.54) is 0 Å². The van der Waals surface area contributed by atoms with Crippen molar-refractivity contribution in [1.82, 2.24) is 10.2 Å². The zero-order chi connectivity index (χ0) is 11.4. The SMILES string of the molecule is O=C([O-])CCc1nnc(-c2ccccc2)o1.